The van der Waals surface area contributed by atoms with Crippen molar-refractivity contribution in [3.63, 3.8) is 0 Å². The van der Waals surface area contributed by atoms with Crippen molar-refractivity contribution in [1.29, 1.82) is 0 Å². The molecule has 0 aromatic rings. The summed E-state index contributed by atoms with van der Waals surface area (Å²) < 4.78 is 20.9. The van der Waals surface area contributed by atoms with Crippen molar-refractivity contribution in [2.75, 3.05) is 46.2 Å². The maximum atomic E-state index is 9.58. The SMILES string of the molecule is OCCOCCOCCO[C@H]1C[C@@H](O)[C@@H](O)[C@@H](CO)O1. The van der Waals surface area contributed by atoms with Gasteiger partial charge in [0.1, 0.15) is 12.2 Å². The molecule has 0 amide bonds. The number of aliphatic hydroxyl groups is 4. The van der Waals surface area contributed by atoms with Crippen molar-refractivity contribution in [1.82, 2.24) is 0 Å². The van der Waals surface area contributed by atoms with Crippen LogP contribution < -0.4 is 0 Å². The summed E-state index contributed by atoms with van der Waals surface area (Å²) in [7, 11) is 0. The molecular formula is C12H24O8. The van der Waals surface area contributed by atoms with Gasteiger partial charge in [-0.3, -0.25) is 0 Å². The second-order valence-corrected chi connectivity index (χ2v) is 4.40. The van der Waals surface area contributed by atoms with E-state index in [0.29, 0.717) is 26.4 Å². The van der Waals surface area contributed by atoms with Gasteiger partial charge in [-0.2, -0.15) is 0 Å². The van der Waals surface area contributed by atoms with E-state index in [1.54, 1.807) is 0 Å². The standard InChI is InChI=1S/C12H24O8/c13-1-2-17-3-4-18-5-6-19-11-7-9(15)12(16)10(8-14)20-11/h9-16H,1-8H2/t9-,10-,11-,12-/m1/s1. The second-order valence-electron chi connectivity index (χ2n) is 4.40. The van der Waals surface area contributed by atoms with Gasteiger partial charge in [-0.05, 0) is 0 Å². The third-order valence-corrected chi connectivity index (χ3v) is 2.85. The monoisotopic (exact) mass is 296 g/mol. The molecule has 0 spiro atoms. The predicted octanol–water partition coefficient (Wildman–Crippen LogP) is -2.14. The first-order valence-electron chi connectivity index (χ1n) is 6.69. The normalized spacial score (nSPS) is 30.6. The summed E-state index contributed by atoms with van der Waals surface area (Å²) in [6, 6.07) is 0. The minimum atomic E-state index is -1.10. The van der Waals surface area contributed by atoms with E-state index in [4.69, 9.17) is 29.2 Å². The Morgan fingerprint density at radius 2 is 1.60 bits per heavy atom. The lowest BCUT2D eigenvalue weighted by Crippen LogP contribution is -2.50. The van der Waals surface area contributed by atoms with E-state index in [0.717, 1.165) is 0 Å². The summed E-state index contributed by atoms with van der Waals surface area (Å²) in [5.41, 5.74) is 0. The molecule has 4 atom stereocenters. The molecule has 1 saturated heterocycles. The minimum absolute atomic E-state index is 0.0116. The zero-order valence-corrected chi connectivity index (χ0v) is 11.4. The summed E-state index contributed by atoms with van der Waals surface area (Å²) >= 11 is 0. The smallest absolute Gasteiger partial charge is 0.160 e. The topological polar surface area (TPSA) is 118 Å². The van der Waals surface area contributed by atoms with E-state index < -0.39 is 24.6 Å². The molecule has 0 aromatic carbocycles. The highest BCUT2D eigenvalue weighted by Gasteiger charge is 2.36. The number of hydrogen-bond acceptors (Lipinski definition) is 8. The molecule has 1 heterocycles. The largest absolute Gasteiger partial charge is 0.394 e. The maximum Gasteiger partial charge on any atom is 0.160 e. The quantitative estimate of drug-likeness (QED) is 0.337. The Morgan fingerprint density at radius 3 is 2.25 bits per heavy atom. The fourth-order valence-electron chi connectivity index (χ4n) is 1.80. The van der Waals surface area contributed by atoms with Crippen LogP contribution in [0.4, 0.5) is 0 Å². The Kier molecular flexibility index (Phi) is 9.23. The van der Waals surface area contributed by atoms with Crippen molar-refractivity contribution >= 4 is 0 Å². The summed E-state index contributed by atoms with van der Waals surface area (Å²) in [6.45, 7) is 1.31. The molecule has 0 aromatic heterocycles. The molecular weight excluding hydrogens is 272 g/mol. The highest BCUT2D eigenvalue weighted by atomic mass is 16.7. The molecule has 120 valence electrons. The first kappa shape index (κ1) is 17.7. The average molecular weight is 296 g/mol. The van der Waals surface area contributed by atoms with Gasteiger partial charge in [-0.25, -0.2) is 0 Å². The zero-order valence-electron chi connectivity index (χ0n) is 11.4. The molecule has 0 unspecified atom stereocenters. The van der Waals surface area contributed by atoms with Gasteiger partial charge in [-0.15, -0.1) is 0 Å². The van der Waals surface area contributed by atoms with E-state index >= 15 is 0 Å². The third kappa shape index (κ3) is 6.42. The van der Waals surface area contributed by atoms with E-state index in [1.165, 1.54) is 0 Å². The third-order valence-electron chi connectivity index (χ3n) is 2.85. The summed E-state index contributed by atoms with van der Waals surface area (Å²) in [6.07, 6.45) is -3.42. The Hall–Kier alpha value is -0.320. The highest BCUT2D eigenvalue weighted by molar-refractivity contribution is 4.82. The van der Waals surface area contributed by atoms with Gasteiger partial charge in [0, 0.05) is 6.42 Å². The van der Waals surface area contributed by atoms with Gasteiger partial charge in [0.25, 0.3) is 0 Å². The molecule has 0 saturated carbocycles. The molecule has 1 fully saturated rings. The minimum Gasteiger partial charge on any atom is -0.394 e. The van der Waals surface area contributed by atoms with Gasteiger partial charge in [0.2, 0.25) is 0 Å². The lowest BCUT2D eigenvalue weighted by atomic mass is 10.0. The number of rotatable bonds is 10. The molecule has 4 N–H and O–H groups in total. The van der Waals surface area contributed by atoms with Crippen LogP contribution in [0.15, 0.2) is 0 Å². The molecule has 1 rings (SSSR count). The Morgan fingerprint density at radius 1 is 0.950 bits per heavy atom. The van der Waals surface area contributed by atoms with E-state index in [2.05, 4.69) is 0 Å². The van der Waals surface area contributed by atoms with Gasteiger partial charge < -0.3 is 39.4 Å². The lowest BCUT2D eigenvalue weighted by Gasteiger charge is -2.35. The van der Waals surface area contributed by atoms with Crippen molar-refractivity contribution in [2.24, 2.45) is 0 Å². The molecule has 20 heavy (non-hydrogen) atoms. The van der Waals surface area contributed by atoms with E-state index in [1.807, 2.05) is 0 Å². The van der Waals surface area contributed by atoms with Gasteiger partial charge in [-0.1, -0.05) is 0 Å². The fourth-order valence-corrected chi connectivity index (χ4v) is 1.80. The molecule has 0 bridgehead atoms. The molecule has 8 heteroatoms. The summed E-state index contributed by atoms with van der Waals surface area (Å²) in [5, 5.41) is 36.6. The maximum absolute atomic E-state index is 9.58. The van der Waals surface area contributed by atoms with Crippen molar-refractivity contribution < 1.29 is 39.4 Å². The fraction of sp³-hybridized carbons (Fsp3) is 1.00. The average Bonchev–Trinajstić information content (AvgIpc) is 2.45. The van der Waals surface area contributed by atoms with Crippen molar-refractivity contribution in [2.45, 2.75) is 31.0 Å². The van der Waals surface area contributed by atoms with Crippen LogP contribution >= 0.6 is 0 Å². The number of hydrogen-bond donors (Lipinski definition) is 4. The number of ether oxygens (including phenoxy) is 4. The highest BCUT2D eigenvalue weighted by Crippen LogP contribution is 2.20. The molecule has 0 aliphatic carbocycles. The van der Waals surface area contributed by atoms with E-state index in [9.17, 15) is 10.2 Å². The van der Waals surface area contributed by atoms with Crippen LogP contribution in [0.2, 0.25) is 0 Å². The van der Waals surface area contributed by atoms with Crippen molar-refractivity contribution in [3.05, 3.63) is 0 Å². The zero-order chi connectivity index (χ0) is 14.8. The molecule has 8 nitrogen and oxygen atoms in total. The predicted molar refractivity (Wildman–Crippen MR) is 67.1 cm³/mol. The molecule has 1 aliphatic heterocycles. The van der Waals surface area contributed by atoms with Crippen LogP contribution in [0.1, 0.15) is 6.42 Å². The second kappa shape index (κ2) is 10.4. The van der Waals surface area contributed by atoms with E-state index in [-0.39, 0.29) is 26.2 Å². The lowest BCUT2D eigenvalue weighted by molar-refractivity contribution is -0.259. The van der Waals surface area contributed by atoms with Crippen molar-refractivity contribution in [3.8, 4) is 0 Å². The Balaban J connectivity index is 2.04. The van der Waals surface area contributed by atoms with Crippen LogP contribution in [0, 0.1) is 0 Å². The van der Waals surface area contributed by atoms with Gasteiger partial charge >= 0.3 is 0 Å². The first-order chi connectivity index (χ1) is 9.69. The Labute approximate surface area is 117 Å². The van der Waals surface area contributed by atoms with Gasteiger partial charge in [0.15, 0.2) is 6.29 Å². The van der Waals surface area contributed by atoms with Crippen LogP contribution in [-0.2, 0) is 18.9 Å². The van der Waals surface area contributed by atoms with Crippen LogP contribution in [0.3, 0.4) is 0 Å². The molecule has 0 radical (unpaired) electrons. The molecule has 1 aliphatic rings. The van der Waals surface area contributed by atoms with Crippen LogP contribution in [0.25, 0.3) is 0 Å². The first-order valence-corrected chi connectivity index (χ1v) is 6.69. The number of aliphatic hydroxyl groups excluding tert-OH is 4. The summed E-state index contributed by atoms with van der Waals surface area (Å²) in [4.78, 5) is 0. The van der Waals surface area contributed by atoms with Crippen LogP contribution in [-0.4, -0.2) is 91.3 Å². The van der Waals surface area contributed by atoms with Gasteiger partial charge in [0.05, 0.1) is 52.4 Å². The summed E-state index contributed by atoms with van der Waals surface area (Å²) in [5.74, 6) is 0. The van der Waals surface area contributed by atoms with Crippen LogP contribution in [0.5, 0.6) is 0 Å². The Bertz CT molecular complexity index is 239.